The van der Waals surface area contributed by atoms with Gasteiger partial charge >= 0.3 is 0 Å². The average molecular weight is 578 g/mol. The summed E-state index contributed by atoms with van der Waals surface area (Å²) in [4.78, 5) is 11.1. The summed E-state index contributed by atoms with van der Waals surface area (Å²) in [5.74, 6) is 0.694. The first-order valence-electron chi connectivity index (χ1n) is 10.4. The second-order valence-corrected chi connectivity index (χ2v) is 10.1. The number of benzene rings is 3. The topological polar surface area (TPSA) is 83.1 Å². The minimum absolute atomic E-state index is 0.333. The molecule has 1 atom stereocenters. The fourth-order valence-electron chi connectivity index (χ4n) is 3.36. The third-order valence-corrected chi connectivity index (χ3v) is 7.08. The third-order valence-electron chi connectivity index (χ3n) is 5.08. The van der Waals surface area contributed by atoms with Crippen LogP contribution >= 0.6 is 39.3 Å². The quantitative estimate of drug-likeness (QED) is 0.123. The molecule has 0 aliphatic carbocycles. The van der Waals surface area contributed by atoms with Crippen LogP contribution in [0.1, 0.15) is 22.2 Å². The van der Waals surface area contributed by atoms with Crippen LogP contribution in [0.3, 0.4) is 0 Å². The fourth-order valence-corrected chi connectivity index (χ4v) is 5.03. The van der Waals surface area contributed by atoms with E-state index in [0.29, 0.717) is 39.6 Å². The van der Waals surface area contributed by atoms with Crippen molar-refractivity contribution >= 4 is 39.3 Å². The Morgan fingerprint density at radius 2 is 1.86 bits per heavy atom. The number of thioether (sulfide) groups is 1. The Bertz CT molecular complexity index is 1340. The zero-order valence-electron chi connectivity index (χ0n) is 18.4. The van der Waals surface area contributed by atoms with Crippen molar-refractivity contribution in [1.29, 1.82) is 0 Å². The van der Waals surface area contributed by atoms with Crippen LogP contribution in [0.15, 0.2) is 76.4 Å². The van der Waals surface area contributed by atoms with Crippen molar-refractivity contribution in [1.82, 2.24) is 14.8 Å². The largest absolute Gasteiger partial charge is 0.487 e. The zero-order chi connectivity index (χ0) is 24.9. The van der Waals surface area contributed by atoms with E-state index in [1.54, 1.807) is 41.8 Å². The SMILES string of the molecule is Cc1nnc(S[C@@H](C[N+](=O)[O-])c2ccc(OCc3ccc(Br)cc3)c(Cl)c2)n1-c1ccc(F)cc1. The first-order valence-corrected chi connectivity index (χ1v) is 12.5. The molecule has 11 heteroatoms. The van der Waals surface area contributed by atoms with Crippen LogP contribution in [-0.4, -0.2) is 26.2 Å². The van der Waals surface area contributed by atoms with Gasteiger partial charge in [0, 0.05) is 15.1 Å². The predicted octanol–water partition coefficient (Wildman–Crippen LogP) is 6.82. The molecular formula is C24H19BrClFN4O3S. The number of nitro groups is 1. The Labute approximate surface area is 218 Å². The van der Waals surface area contributed by atoms with E-state index in [1.165, 1.54) is 23.9 Å². The van der Waals surface area contributed by atoms with E-state index in [0.717, 1.165) is 10.0 Å². The van der Waals surface area contributed by atoms with E-state index >= 15 is 0 Å². The van der Waals surface area contributed by atoms with Crippen molar-refractivity contribution in [2.75, 3.05) is 6.54 Å². The van der Waals surface area contributed by atoms with Gasteiger partial charge in [-0.2, -0.15) is 0 Å². The van der Waals surface area contributed by atoms with Crippen molar-refractivity contribution in [3.63, 3.8) is 0 Å². The fraction of sp³-hybridized carbons (Fsp3) is 0.167. The second kappa shape index (κ2) is 11.2. The van der Waals surface area contributed by atoms with Gasteiger partial charge in [-0.15, -0.1) is 10.2 Å². The molecule has 3 aromatic carbocycles. The lowest BCUT2D eigenvalue weighted by Crippen LogP contribution is -2.11. The van der Waals surface area contributed by atoms with Gasteiger partial charge in [-0.3, -0.25) is 14.7 Å². The molecule has 0 N–H and O–H groups in total. The summed E-state index contributed by atoms with van der Waals surface area (Å²) in [6.45, 7) is 1.74. The van der Waals surface area contributed by atoms with Gasteiger partial charge in [0.15, 0.2) is 5.16 Å². The molecule has 0 fully saturated rings. The summed E-state index contributed by atoms with van der Waals surface area (Å²) in [7, 11) is 0. The third kappa shape index (κ3) is 6.39. The van der Waals surface area contributed by atoms with Gasteiger partial charge in [0.25, 0.3) is 0 Å². The number of aromatic nitrogens is 3. The summed E-state index contributed by atoms with van der Waals surface area (Å²) >= 11 is 11.1. The molecule has 1 aromatic heterocycles. The van der Waals surface area contributed by atoms with Gasteiger partial charge in [0.1, 0.15) is 29.2 Å². The molecular weight excluding hydrogens is 559 g/mol. The molecule has 4 rings (SSSR count). The monoisotopic (exact) mass is 576 g/mol. The molecule has 35 heavy (non-hydrogen) atoms. The lowest BCUT2D eigenvalue weighted by atomic mass is 10.1. The van der Waals surface area contributed by atoms with E-state index in [1.807, 2.05) is 24.3 Å². The van der Waals surface area contributed by atoms with Crippen LogP contribution in [-0.2, 0) is 6.61 Å². The molecule has 0 amide bonds. The van der Waals surface area contributed by atoms with Crippen LogP contribution < -0.4 is 4.74 Å². The number of rotatable bonds is 9. The molecule has 0 spiro atoms. The Morgan fingerprint density at radius 3 is 2.51 bits per heavy atom. The van der Waals surface area contributed by atoms with E-state index in [4.69, 9.17) is 16.3 Å². The summed E-state index contributed by atoms with van der Waals surface area (Å²) in [6, 6.07) is 18.8. The minimum atomic E-state index is -0.592. The second-order valence-electron chi connectivity index (χ2n) is 7.57. The van der Waals surface area contributed by atoms with Crippen LogP contribution in [0.5, 0.6) is 5.75 Å². The van der Waals surface area contributed by atoms with Gasteiger partial charge in [-0.25, -0.2) is 4.39 Å². The molecule has 180 valence electrons. The summed E-state index contributed by atoms with van der Waals surface area (Å²) in [5, 5.41) is 20.0. The number of hydrogen-bond donors (Lipinski definition) is 0. The molecule has 0 saturated heterocycles. The van der Waals surface area contributed by atoms with Crippen molar-refractivity contribution in [3.05, 3.63) is 109 Å². The standard InChI is InChI=1S/C24H19BrClFN4O3S/c1-15-28-29-24(31(15)20-9-7-19(27)8-10-20)35-23(13-30(32)33)17-4-11-22(21(26)12-17)34-14-16-2-5-18(25)6-3-16/h2-12,23H,13-14H2,1H3/t23-/m0/s1. The molecule has 1 heterocycles. The van der Waals surface area contributed by atoms with Crippen molar-refractivity contribution in [2.24, 2.45) is 0 Å². The highest BCUT2D eigenvalue weighted by Gasteiger charge is 2.24. The molecule has 7 nitrogen and oxygen atoms in total. The first kappa shape index (κ1) is 25.2. The highest BCUT2D eigenvalue weighted by Crippen LogP contribution is 2.38. The van der Waals surface area contributed by atoms with E-state index in [-0.39, 0.29) is 17.3 Å². The molecule has 4 aromatic rings. The number of ether oxygens (including phenoxy) is 1. The van der Waals surface area contributed by atoms with Crippen molar-refractivity contribution in [2.45, 2.75) is 23.9 Å². The number of halogens is 3. The number of hydrogen-bond acceptors (Lipinski definition) is 6. The molecule has 0 unspecified atom stereocenters. The lowest BCUT2D eigenvalue weighted by Gasteiger charge is -2.16. The lowest BCUT2D eigenvalue weighted by molar-refractivity contribution is -0.479. The molecule has 0 bridgehead atoms. The van der Waals surface area contributed by atoms with Crippen molar-refractivity contribution < 1.29 is 14.1 Å². The Hall–Kier alpha value is -2.95. The molecule has 0 radical (unpaired) electrons. The maximum Gasteiger partial charge on any atom is 0.220 e. The van der Waals surface area contributed by atoms with Gasteiger partial charge < -0.3 is 4.74 Å². The number of aryl methyl sites for hydroxylation is 1. The Morgan fingerprint density at radius 1 is 1.14 bits per heavy atom. The smallest absolute Gasteiger partial charge is 0.220 e. The average Bonchev–Trinajstić information content (AvgIpc) is 3.19. The normalized spacial score (nSPS) is 11.9. The highest BCUT2D eigenvalue weighted by molar-refractivity contribution is 9.10. The van der Waals surface area contributed by atoms with E-state index < -0.39 is 5.25 Å². The zero-order valence-corrected chi connectivity index (χ0v) is 21.6. The maximum atomic E-state index is 13.4. The molecule has 0 aliphatic rings. The molecule has 0 saturated carbocycles. The maximum absolute atomic E-state index is 13.4. The minimum Gasteiger partial charge on any atom is -0.487 e. The van der Waals surface area contributed by atoms with Gasteiger partial charge in [-0.05, 0) is 66.6 Å². The van der Waals surface area contributed by atoms with Crippen molar-refractivity contribution in [3.8, 4) is 11.4 Å². The number of nitrogens with zero attached hydrogens (tertiary/aromatic N) is 4. The van der Waals surface area contributed by atoms with Gasteiger partial charge in [-0.1, -0.05) is 57.5 Å². The first-order chi connectivity index (χ1) is 16.8. The van der Waals surface area contributed by atoms with E-state index in [2.05, 4.69) is 26.1 Å². The Kier molecular flexibility index (Phi) is 8.04. The van der Waals surface area contributed by atoms with Crippen LogP contribution in [0.4, 0.5) is 4.39 Å². The predicted molar refractivity (Wildman–Crippen MR) is 136 cm³/mol. The van der Waals surface area contributed by atoms with Gasteiger partial charge in [0.2, 0.25) is 6.54 Å². The summed E-state index contributed by atoms with van der Waals surface area (Å²) in [5.41, 5.74) is 2.29. The summed E-state index contributed by atoms with van der Waals surface area (Å²) < 4.78 is 21.9. The molecule has 0 aliphatic heterocycles. The highest BCUT2D eigenvalue weighted by atomic mass is 79.9. The summed E-state index contributed by atoms with van der Waals surface area (Å²) in [6.07, 6.45) is 0. The van der Waals surface area contributed by atoms with Gasteiger partial charge in [0.05, 0.1) is 5.02 Å². The Balaban J connectivity index is 1.56. The van der Waals surface area contributed by atoms with Crippen LogP contribution in [0, 0.1) is 22.9 Å². The van der Waals surface area contributed by atoms with E-state index in [9.17, 15) is 14.5 Å². The van der Waals surface area contributed by atoms with Crippen LogP contribution in [0.25, 0.3) is 5.69 Å². The van der Waals surface area contributed by atoms with Crippen LogP contribution in [0.2, 0.25) is 5.02 Å².